The van der Waals surface area contributed by atoms with Crippen LogP contribution in [0.3, 0.4) is 0 Å². The number of hydrogen-bond donors (Lipinski definition) is 3. The molecule has 0 radical (unpaired) electrons. The van der Waals surface area contributed by atoms with Crippen molar-refractivity contribution < 1.29 is 9.21 Å². The molecule has 0 fully saturated rings. The number of nitrogens with zero attached hydrogens (tertiary/aromatic N) is 2. The Balaban J connectivity index is 1.74. The average molecular weight is 414 g/mol. The molecule has 0 aliphatic rings. The van der Waals surface area contributed by atoms with Gasteiger partial charge in [-0.15, -0.1) is 0 Å². The van der Waals surface area contributed by atoms with E-state index in [0.717, 1.165) is 49.7 Å². The monoisotopic (exact) mass is 413 g/mol. The second kappa shape index (κ2) is 12.7. The van der Waals surface area contributed by atoms with Crippen molar-refractivity contribution in [3.05, 3.63) is 54.0 Å². The van der Waals surface area contributed by atoms with Crippen LogP contribution in [-0.4, -0.2) is 49.5 Å². The van der Waals surface area contributed by atoms with Crippen LogP contribution >= 0.6 is 0 Å². The van der Waals surface area contributed by atoms with E-state index in [0.29, 0.717) is 18.3 Å². The van der Waals surface area contributed by atoms with Crippen molar-refractivity contribution in [3.63, 3.8) is 0 Å². The van der Waals surface area contributed by atoms with E-state index < -0.39 is 0 Å². The number of aliphatic imine (C=N–C) groups is 1. The van der Waals surface area contributed by atoms with Crippen molar-refractivity contribution in [3.8, 4) is 0 Å². The molecule has 0 bridgehead atoms. The lowest BCUT2D eigenvalue weighted by atomic mass is 10.1. The molecule has 164 valence electrons. The summed E-state index contributed by atoms with van der Waals surface area (Å²) in [4.78, 5) is 18.8. The van der Waals surface area contributed by atoms with Gasteiger partial charge >= 0.3 is 0 Å². The lowest BCUT2D eigenvalue weighted by Gasteiger charge is -2.21. The third-order valence-electron chi connectivity index (χ3n) is 5.03. The highest BCUT2D eigenvalue weighted by Crippen LogP contribution is 2.12. The van der Waals surface area contributed by atoms with Crippen molar-refractivity contribution in [2.75, 3.05) is 32.0 Å². The molecular formula is C23H35N5O2. The molecule has 0 saturated heterocycles. The standard InChI is InChI=1S/C23H35N5O2/c1-5-28(6-2)15-7-9-18(3)26-23(24-4)25-17-19-11-13-20(14-12-19)27-22(29)21-10-8-16-30-21/h8,10-14,16,18H,5-7,9,15,17H2,1-4H3,(H,27,29)(H2,24,25,26). The maximum atomic E-state index is 12.0. The van der Waals surface area contributed by atoms with Gasteiger partial charge in [0.2, 0.25) is 0 Å². The number of nitrogens with one attached hydrogen (secondary N) is 3. The summed E-state index contributed by atoms with van der Waals surface area (Å²) in [5.74, 6) is 0.827. The van der Waals surface area contributed by atoms with Crippen LogP contribution in [0.15, 0.2) is 52.1 Å². The van der Waals surface area contributed by atoms with Crippen LogP contribution in [-0.2, 0) is 6.54 Å². The number of guanidine groups is 1. The van der Waals surface area contributed by atoms with Crippen LogP contribution in [0.2, 0.25) is 0 Å². The zero-order chi connectivity index (χ0) is 21.8. The molecule has 0 aliphatic heterocycles. The van der Waals surface area contributed by atoms with E-state index in [1.807, 2.05) is 24.3 Å². The number of hydrogen-bond acceptors (Lipinski definition) is 4. The fourth-order valence-corrected chi connectivity index (χ4v) is 3.15. The third kappa shape index (κ3) is 7.91. The van der Waals surface area contributed by atoms with E-state index in [9.17, 15) is 4.79 Å². The van der Waals surface area contributed by atoms with Crippen LogP contribution in [0, 0.1) is 0 Å². The Labute approximate surface area is 179 Å². The summed E-state index contributed by atoms with van der Waals surface area (Å²) in [6.07, 6.45) is 3.75. The molecule has 2 aromatic rings. The summed E-state index contributed by atoms with van der Waals surface area (Å²) >= 11 is 0. The van der Waals surface area contributed by atoms with Crippen LogP contribution in [0.4, 0.5) is 5.69 Å². The minimum atomic E-state index is -0.259. The van der Waals surface area contributed by atoms with Crippen molar-refractivity contribution in [1.29, 1.82) is 0 Å². The summed E-state index contributed by atoms with van der Waals surface area (Å²) in [5, 5.41) is 9.62. The molecular weight excluding hydrogens is 378 g/mol. The number of amides is 1. The SMILES string of the molecule is CCN(CC)CCCC(C)NC(=NC)NCc1ccc(NC(=O)c2ccco2)cc1. The summed E-state index contributed by atoms with van der Waals surface area (Å²) < 4.78 is 5.10. The van der Waals surface area contributed by atoms with E-state index in [1.54, 1.807) is 19.2 Å². The number of furan rings is 1. The fourth-order valence-electron chi connectivity index (χ4n) is 3.15. The second-order valence-electron chi connectivity index (χ2n) is 7.27. The molecule has 30 heavy (non-hydrogen) atoms. The smallest absolute Gasteiger partial charge is 0.291 e. The first-order valence-electron chi connectivity index (χ1n) is 10.7. The molecule has 1 atom stereocenters. The van der Waals surface area contributed by atoms with Crippen molar-refractivity contribution in [2.45, 2.75) is 46.2 Å². The van der Waals surface area contributed by atoms with Gasteiger partial charge in [-0.05, 0) is 69.2 Å². The first-order valence-corrected chi connectivity index (χ1v) is 10.7. The van der Waals surface area contributed by atoms with E-state index in [-0.39, 0.29) is 5.91 Å². The summed E-state index contributed by atoms with van der Waals surface area (Å²) in [7, 11) is 1.78. The number of carbonyl (C=O) groups is 1. The first-order chi connectivity index (χ1) is 14.5. The van der Waals surface area contributed by atoms with E-state index in [1.165, 1.54) is 6.26 Å². The van der Waals surface area contributed by atoms with Crippen LogP contribution < -0.4 is 16.0 Å². The largest absolute Gasteiger partial charge is 0.459 e. The summed E-state index contributed by atoms with van der Waals surface area (Å²) in [5.41, 5.74) is 1.83. The Morgan fingerprint density at radius 1 is 1.17 bits per heavy atom. The Morgan fingerprint density at radius 3 is 2.50 bits per heavy atom. The predicted molar refractivity (Wildman–Crippen MR) is 123 cm³/mol. The minimum absolute atomic E-state index is 0.259. The van der Waals surface area contributed by atoms with Crippen molar-refractivity contribution in [2.24, 2.45) is 4.99 Å². The first kappa shape index (κ1) is 23.5. The quantitative estimate of drug-likeness (QED) is 0.386. The van der Waals surface area contributed by atoms with Gasteiger partial charge in [0.05, 0.1) is 6.26 Å². The normalized spacial score (nSPS) is 12.6. The fraction of sp³-hybridized carbons (Fsp3) is 0.478. The highest BCUT2D eigenvalue weighted by atomic mass is 16.3. The molecule has 2 rings (SSSR count). The average Bonchev–Trinajstić information content (AvgIpc) is 3.30. The molecule has 1 aromatic carbocycles. The van der Waals surface area contributed by atoms with E-state index in [2.05, 4.69) is 46.6 Å². The van der Waals surface area contributed by atoms with E-state index in [4.69, 9.17) is 4.42 Å². The minimum Gasteiger partial charge on any atom is -0.459 e. The lowest BCUT2D eigenvalue weighted by Crippen LogP contribution is -2.42. The maximum absolute atomic E-state index is 12.0. The number of anilines is 1. The topological polar surface area (TPSA) is 81.9 Å². The van der Waals surface area contributed by atoms with Crippen molar-refractivity contribution >= 4 is 17.6 Å². The molecule has 1 heterocycles. The van der Waals surface area contributed by atoms with Gasteiger partial charge in [0.1, 0.15) is 0 Å². The molecule has 7 heteroatoms. The van der Waals surface area contributed by atoms with Gasteiger partial charge < -0.3 is 25.3 Å². The second-order valence-corrected chi connectivity index (χ2v) is 7.27. The molecule has 1 amide bonds. The molecule has 3 N–H and O–H groups in total. The number of carbonyl (C=O) groups excluding carboxylic acids is 1. The highest BCUT2D eigenvalue weighted by Gasteiger charge is 2.09. The Hall–Kier alpha value is -2.80. The van der Waals surface area contributed by atoms with Gasteiger partial charge in [0.15, 0.2) is 11.7 Å². The van der Waals surface area contributed by atoms with Gasteiger partial charge in [0, 0.05) is 25.3 Å². The van der Waals surface area contributed by atoms with Gasteiger partial charge in [-0.2, -0.15) is 0 Å². The summed E-state index contributed by atoms with van der Waals surface area (Å²) in [6, 6.07) is 11.4. The molecule has 7 nitrogen and oxygen atoms in total. The Morgan fingerprint density at radius 2 is 1.90 bits per heavy atom. The molecule has 0 spiro atoms. The molecule has 0 aliphatic carbocycles. The summed E-state index contributed by atoms with van der Waals surface area (Å²) in [6.45, 7) is 10.6. The van der Waals surface area contributed by atoms with Gasteiger partial charge in [-0.1, -0.05) is 26.0 Å². The van der Waals surface area contributed by atoms with E-state index >= 15 is 0 Å². The van der Waals surface area contributed by atoms with Gasteiger partial charge in [0.25, 0.3) is 5.91 Å². The van der Waals surface area contributed by atoms with Gasteiger partial charge in [-0.3, -0.25) is 9.79 Å². The van der Waals surface area contributed by atoms with Crippen LogP contribution in [0.5, 0.6) is 0 Å². The zero-order valence-electron chi connectivity index (χ0n) is 18.6. The predicted octanol–water partition coefficient (Wildman–Crippen LogP) is 3.71. The molecule has 0 saturated carbocycles. The molecule has 1 unspecified atom stereocenters. The number of rotatable bonds is 11. The third-order valence-corrected chi connectivity index (χ3v) is 5.03. The maximum Gasteiger partial charge on any atom is 0.291 e. The lowest BCUT2D eigenvalue weighted by molar-refractivity contribution is 0.0996. The number of benzene rings is 1. The van der Waals surface area contributed by atoms with Crippen molar-refractivity contribution in [1.82, 2.24) is 15.5 Å². The Bertz CT molecular complexity index is 767. The molecule has 1 aromatic heterocycles. The van der Waals surface area contributed by atoms with Crippen LogP contribution in [0.25, 0.3) is 0 Å². The Kier molecular flexibility index (Phi) is 9.94. The zero-order valence-corrected chi connectivity index (χ0v) is 18.6. The highest BCUT2D eigenvalue weighted by molar-refractivity contribution is 6.02. The van der Waals surface area contributed by atoms with Gasteiger partial charge in [-0.25, -0.2) is 0 Å². The van der Waals surface area contributed by atoms with Crippen LogP contribution in [0.1, 0.15) is 49.7 Å².